The van der Waals surface area contributed by atoms with Gasteiger partial charge < -0.3 is 5.32 Å². The van der Waals surface area contributed by atoms with E-state index in [4.69, 9.17) is 0 Å². The van der Waals surface area contributed by atoms with Crippen molar-refractivity contribution in [2.75, 3.05) is 10.6 Å². The van der Waals surface area contributed by atoms with Crippen LogP contribution in [0.25, 0.3) is 0 Å². The summed E-state index contributed by atoms with van der Waals surface area (Å²) in [6, 6.07) is 7.79. The first-order valence-electron chi connectivity index (χ1n) is 9.66. The minimum Gasteiger partial charge on any atom is -0.326 e. The van der Waals surface area contributed by atoms with E-state index < -0.39 is 0 Å². The third-order valence-corrected chi connectivity index (χ3v) is 6.40. The number of aromatic nitrogens is 4. The fourth-order valence-electron chi connectivity index (χ4n) is 2.81. The Morgan fingerprint density at radius 2 is 1.90 bits per heavy atom. The molecule has 0 aliphatic heterocycles. The van der Waals surface area contributed by atoms with Gasteiger partial charge in [0.1, 0.15) is 5.82 Å². The lowest BCUT2D eigenvalue weighted by atomic mass is 10.3. The molecular formula is C20H20N6OS2. The van der Waals surface area contributed by atoms with E-state index in [-0.39, 0.29) is 11.8 Å². The minimum atomic E-state index is 0.116. The summed E-state index contributed by atoms with van der Waals surface area (Å²) >= 11 is 3.06. The van der Waals surface area contributed by atoms with Gasteiger partial charge in [-0.15, -0.1) is 11.3 Å². The number of anilines is 3. The SMILES string of the molecule is Cc1cnc(Nc2nc(Sc3ccc(NC(=O)C4CC4)cc3)nc(C3CC3)n2)s1. The maximum absolute atomic E-state index is 11.9. The predicted octanol–water partition coefficient (Wildman–Crippen LogP) is 4.76. The average molecular weight is 425 g/mol. The Labute approximate surface area is 176 Å². The van der Waals surface area contributed by atoms with Crippen molar-refractivity contribution in [2.45, 2.75) is 48.6 Å². The van der Waals surface area contributed by atoms with Crippen LogP contribution in [0, 0.1) is 12.8 Å². The topological polar surface area (TPSA) is 92.7 Å². The highest BCUT2D eigenvalue weighted by atomic mass is 32.2. The first-order valence-corrected chi connectivity index (χ1v) is 11.3. The van der Waals surface area contributed by atoms with Crippen molar-refractivity contribution < 1.29 is 4.79 Å². The Kier molecular flexibility index (Phi) is 4.92. The molecule has 7 nitrogen and oxygen atoms in total. The molecule has 0 bridgehead atoms. The van der Waals surface area contributed by atoms with E-state index in [1.54, 1.807) is 11.3 Å². The molecule has 1 aromatic carbocycles. The number of amides is 1. The van der Waals surface area contributed by atoms with Gasteiger partial charge in [-0.05, 0) is 68.6 Å². The highest BCUT2D eigenvalue weighted by Gasteiger charge is 2.29. The van der Waals surface area contributed by atoms with E-state index >= 15 is 0 Å². The van der Waals surface area contributed by atoms with Crippen molar-refractivity contribution in [3.05, 3.63) is 41.2 Å². The lowest BCUT2D eigenvalue weighted by Gasteiger charge is -2.08. The molecule has 0 radical (unpaired) electrons. The molecule has 0 saturated heterocycles. The van der Waals surface area contributed by atoms with Crippen LogP contribution in [-0.4, -0.2) is 25.8 Å². The number of thiazole rings is 1. The van der Waals surface area contributed by atoms with Crippen LogP contribution in [0.1, 0.15) is 42.3 Å². The van der Waals surface area contributed by atoms with Crippen molar-refractivity contribution in [1.29, 1.82) is 0 Å². The maximum atomic E-state index is 11.9. The van der Waals surface area contributed by atoms with Crippen LogP contribution in [0.3, 0.4) is 0 Å². The predicted molar refractivity (Wildman–Crippen MR) is 114 cm³/mol. The van der Waals surface area contributed by atoms with Crippen molar-refractivity contribution in [2.24, 2.45) is 5.92 Å². The summed E-state index contributed by atoms with van der Waals surface area (Å²) in [5, 5.41) is 7.61. The second-order valence-electron chi connectivity index (χ2n) is 7.37. The maximum Gasteiger partial charge on any atom is 0.233 e. The Morgan fingerprint density at radius 3 is 2.55 bits per heavy atom. The first kappa shape index (κ1) is 18.5. The Bertz CT molecular complexity index is 1040. The molecule has 0 spiro atoms. The summed E-state index contributed by atoms with van der Waals surface area (Å²) in [7, 11) is 0. The minimum absolute atomic E-state index is 0.116. The third kappa shape index (κ3) is 4.73. The van der Waals surface area contributed by atoms with E-state index in [1.807, 2.05) is 37.4 Å². The smallest absolute Gasteiger partial charge is 0.233 e. The van der Waals surface area contributed by atoms with Gasteiger partial charge in [-0.2, -0.15) is 9.97 Å². The van der Waals surface area contributed by atoms with Crippen molar-refractivity contribution >= 4 is 45.8 Å². The number of rotatable bonds is 7. The van der Waals surface area contributed by atoms with Gasteiger partial charge in [-0.25, -0.2) is 9.97 Å². The molecule has 1 amide bonds. The van der Waals surface area contributed by atoms with Crippen LogP contribution in [0.15, 0.2) is 40.5 Å². The second-order valence-corrected chi connectivity index (χ2v) is 9.64. The number of carbonyl (C=O) groups excluding carboxylic acids is 1. The fourth-order valence-corrected chi connectivity index (χ4v) is 4.22. The highest BCUT2D eigenvalue weighted by molar-refractivity contribution is 7.99. The summed E-state index contributed by atoms with van der Waals surface area (Å²) in [5.74, 6) is 2.11. The van der Waals surface area contributed by atoms with Gasteiger partial charge >= 0.3 is 0 Å². The molecule has 0 atom stereocenters. The zero-order valence-electron chi connectivity index (χ0n) is 15.9. The van der Waals surface area contributed by atoms with Crippen molar-refractivity contribution in [3.63, 3.8) is 0 Å². The monoisotopic (exact) mass is 424 g/mol. The number of nitrogens with one attached hydrogen (secondary N) is 2. The van der Waals surface area contributed by atoms with Crippen molar-refractivity contribution in [1.82, 2.24) is 19.9 Å². The molecule has 3 aromatic rings. The fraction of sp³-hybridized carbons (Fsp3) is 0.350. The van der Waals surface area contributed by atoms with Gasteiger partial charge in [0.25, 0.3) is 0 Å². The average Bonchev–Trinajstić information content (AvgIpc) is 3.61. The molecule has 2 aliphatic rings. The quantitative estimate of drug-likeness (QED) is 0.565. The molecule has 5 rings (SSSR count). The van der Waals surface area contributed by atoms with Crippen LogP contribution in [0.2, 0.25) is 0 Å². The van der Waals surface area contributed by atoms with E-state index in [9.17, 15) is 4.79 Å². The number of aryl methyl sites for hydroxylation is 1. The van der Waals surface area contributed by atoms with Crippen LogP contribution >= 0.6 is 23.1 Å². The Morgan fingerprint density at radius 1 is 1.10 bits per heavy atom. The summed E-state index contributed by atoms with van der Waals surface area (Å²) < 4.78 is 0. The van der Waals surface area contributed by atoms with Gasteiger partial charge in [-0.3, -0.25) is 10.1 Å². The van der Waals surface area contributed by atoms with Crippen LogP contribution in [0.5, 0.6) is 0 Å². The molecule has 2 fully saturated rings. The molecule has 2 heterocycles. The molecule has 9 heteroatoms. The third-order valence-electron chi connectivity index (χ3n) is 4.69. The number of hydrogen-bond donors (Lipinski definition) is 2. The van der Waals surface area contributed by atoms with Gasteiger partial charge in [0.05, 0.1) is 0 Å². The number of benzene rings is 1. The first-order chi connectivity index (χ1) is 14.1. The van der Waals surface area contributed by atoms with Crippen LogP contribution in [0.4, 0.5) is 16.8 Å². The van der Waals surface area contributed by atoms with Gasteiger partial charge in [0, 0.05) is 33.5 Å². The zero-order valence-corrected chi connectivity index (χ0v) is 17.5. The Hall–Kier alpha value is -2.52. The molecule has 0 unspecified atom stereocenters. The standard InChI is InChI=1S/C20H20N6OS2/c1-11-10-21-19(28-11)25-18-23-16(12-2-3-12)24-20(26-18)29-15-8-6-14(7-9-15)22-17(27)13-4-5-13/h6-10,12-13H,2-5H2,1H3,(H,22,27)(H,21,23,24,25,26). The summed E-state index contributed by atoms with van der Waals surface area (Å²) in [6.07, 6.45) is 6.08. The normalized spacial score (nSPS) is 15.9. The molecule has 29 heavy (non-hydrogen) atoms. The molecule has 2 saturated carbocycles. The van der Waals surface area contributed by atoms with E-state index in [1.165, 1.54) is 11.8 Å². The van der Waals surface area contributed by atoms with E-state index in [0.717, 1.165) is 52.1 Å². The highest BCUT2D eigenvalue weighted by Crippen LogP contribution is 2.39. The summed E-state index contributed by atoms with van der Waals surface area (Å²) in [6.45, 7) is 2.02. The zero-order chi connectivity index (χ0) is 19.8. The van der Waals surface area contributed by atoms with Crippen molar-refractivity contribution in [3.8, 4) is 0 Å². The van der Waals surface area contributed by atoms with Crippen LogP contribution in [-0.2, 0) is 4.79 Å². The number of carbonyl (C=O) groups is 1. The van der Waals surface area contributed by atoms with E-state index in [0.29, 0.717) is 17.0 Å². The van der Waals surface area contributed by atoms with Gasteiger partial charge in [0.2, 0.25) is 11.9 Å². The number of nitrogens with zero attached hydrogens (tertiary/aromatic N) is 4. The molecule has 2 aliphatic carbocycles. The molecule has 2 N–H and O–H groups in total. The molecule has 148 valence electrons. The van der Waals surface area contributed by atoms with E-state index in [2.05, 4.69) is 30.6 Å². The lowest BCUT2D eigenvalue weighted by Crippen LogP contribution is -2.12. The summed E-state index contributed by atoms with van der Waals surface area (Å²) in [5.41, 5.74) is 0.821. The number of hydrogen-bond acceptors (Lipinski definition) is 8. The Balaban J connectivity index is 1.32. The lowest BCUT2D eigenvalue weighted by molar-refractivity contribution is -0.117. The second kappa shape index (κ2) is 7.72. The van der Waals surface area contributed by atoms with Gasteiger partial charge in [0.15, 0.2) is 10.3 Å². The van der Waals surface area contributed by atoms with Crippen LogP contribution < -0.4 is 10.6 Å². The van der Waals surface area contributed by atoms with Gasteiger partial charge in [-0.1, -0.05) is 0 Å². The molecule has 2 aromatic heterocycles. The summed E-state index contributed by atoms with van der Waals surface area (Å²) in [4.78, 5) is 32.2. The largest absolute Gasteiger partial charge is 0.326 e. The molecular weight excluding hydrogens is 404 g/mol.